The minimum Gasteiger partial charge on any atom is -0.492 e. The van der Waals surface area contributed by atoms with E-state index in [-0.39, 0.29) is 5.91 Å². The molecule has 0 aromatic heterocycles. The third-order valence-corrected chi connectivity index (χ3v) is 3.15. The fourth-order valence-corrected chi connectivity index (χ4v) is 2.04. The maximum absolute atomic E-state index is 12.0. The predicted molar refractivity (Wildman–Crippen MR) is 82.0 cm³/mol. The second-order valence-corrected chi connectivity index (χ2v) is 5.74. The van der Waals surface area contributed by atoms with Gasteiger partial charge in [0.25, 0.3) is 0 Å². The molecule has 0 heterocycles. The standard InChI is InChI=1S/C15H23ClN2O2/c1-11(2)9-14(17)15(19)18(3)7-8-20-13-6-4-5-12(16)10-13/h4-6,10-11,14H,7-9,17H2,1-3H3/t14-/m1/s1. The van der Waals surface area contributed by atoms with Gasteiger partial charge in [-0.3, -0.25) is 4.79 Å². The summed E-state index contributed by atoms with van der Waals surface area (Å²) in [7, 11) is 1.74. The first kappa shape index (κ1) is 16.8. The van der Waals surface area contributed by atoms with Gasteiger partial charge in [-0.2, -0.15) is 0 Å². The van der Waals surface area contributed by atoms with Crippen molar-refractivity contribution in [3.05, 3.63) is 29.3 Å². The van der Waals surface area contributed by atoms with Crippen LogP contribution in [0.2, 0.25) is 5.02 Å². The molecule has 1 aromatic carbocycles. The summed E-state index contributed by atoms with van der Waals surface area (Å²) < 4.78 is 5.55. The highest BCUT2D eigenvalue weighted by Crippen LogP contribution is 2.16. The number of halogens is 1. The van der Waals surface area contributed by atoms with E-state index in [0.29, 0.717) is 36.3 Å². The Kier molecular flexibility index (Phi) is 6.82. The van der Waals surface area contributed by atoms with E-state index >= 15 is 0 Å². The average molecular weight is 299 g/mol. The van der Waals surface area contributed by atoms with Crippen LogP contribution in [-0.2, 0) is 4.79 Å². The van der Waals surface area contributed by atoms with Crippen molar-refractivity contribution in [2.75, 3.05) is 20.2 Å². The molecular weight excluding hydrogens is 276 g/mol. The van der Waals surface area contributed by atoms with Crippen LogP contribution in [0.5, 0.6) is 5.75 Å². The second-order valence-electron chi connectivity index (χ2n) is 5.30. The summed E-state index contributed by atoms with van der Waals surface area (Å²) in [4.78, 5) is 13.6. The lowest BCUT2D eigenvalue weighted by atomic mass is 10.0. The van der Waals surface area contributed by atoms with E-state index in [1.165, 1.54) is 0 Å². The van der Waals surface area contributed by atoms with E-state index in [2.05, 4.69) is 13.8 Å². The lowest BCUT2D eigenvalue weighted by Gasteiger charge is -2.22. The Bertz CT molecular complexity index is 438. The first-order valence-corrected chi connectivity index (χ1v) is 7.17. The van der Waals surface area contributed by atoms with Crippen molar-refractivity contribution >= 4 is 17.5 Å². The summed E-state index contributed by atoms with van der Waals surface area (Å²) in [6.45, 7) is 5.01. The fraction of sp³-hybridized carbons (Fsp3) is 0.533. The number of benzene rings is 1. The molecule has 1 aromatic rings. The lowest BCUT2D eigenvalue weighted by Crippen LogP contribution is -2.43. The van der Waals surface area contributed by atoms with Crippen molar-refractivity contribution in [1.29, 1.82) is 0 Å². The number of carbonyl (C=O) groups is 1. The van der Waals surface area contributed by atoms with Gasteiger partial charge in [0.05, 0.1) is 12.6 Å². The minimum atomic E-state index is -0.439. The molecule has 20 heavy (non-hydrogen) atoms. The summed E-state index contributed by atoms with van der Waals surface area (Å²) in [6.07, 6.45) is 0.693. The lowest BCUT2D eigenvalue weighted by molar-refractivity contribution is -0.131. The molecule has 1 atom stereocenters. The van der Waals surface area contributed by atoms with E-state index in [1.807, 2.05) is 12.1 Å². The van der Waals surface area contributed by atoms with Crippen molar-refractivity contribution in [2.45, 2.75) is 26.3 Å². The van der Waals surface area contributed by atoms with Crippen LogP contribution in [0.3, 0.4) is 0 Å². The van der Waals surface area contributed by atoms with Crippen LogP contribution in [0.25, 0.3) is 0 Å². The molecule has 0 saturated heterocycles. The monoisotopic (exact) mass is 298 g/mol. The van der Waals surface area contributed by atoms with Crippen molar-refractivity contribution in [3.8, 4) is 5.75 Å². The zero-order valence-electron chi connectivity index (χ0n) is 12.3. The summed E-state index contributed by atoms with van der Waals surface area (Å²) in [6, 6.07) is 6.75. The van der Waals surface area contributed by atoms with Gasteiger partial charge in [-0.1, -0.05) is 31.5 Å². The Morgan fingerprint density at radius 3 is 2.75 bits per heavy atom. The Hall–Kier alpha value is -1.26. The molecule has 4 nitrogen and oxygen atoms in total. The molecule has 0 unspecified atom stereocenters. The smallest absolute Gasteiger partial charge is 0.239 e. The summed E-state index contributed by atoms with van der Waals surface area (Å²) in [5, 5.41) is 0.630. The first-order chi connectivity index (χ1) is 9.40. The van der Waals surface area contributed by atoms with Crippen LogP contribution in [-0.4, -0.2) is 37.0 Å². The van der Waals surface area contributed by atoms with Crippen molar-refractivity contribution in [2.24, 2.45) is 11.7 Å². The molecule has 1 amide bonds. The average Bonchev–Trinajstić information content (AvgIpc) is 2.37. The van der Waals surface area contributed by atoms with Gasteiger partial charge >= 0.3 is 0 Å². The van der Waals surface area contributed by atoms with Crippen LogP contribution >= 0.6 is 11.6 Å². The molecule has 0 radical (unpaired) electrons. The zero-order valence-corrected chi connectivity index (χ0v) is 13.1. The minimum absolute atomic E-state index is 0.0478. The Balaban J connectivity index is 2.35. The molecule has 0 bridgehead atoms. The van der Waals surface area contributed by atoms with E-state index < -0.39 is 6.04 Å². The maximum atomic E-state index is 12.0. The fourth-order valence-electron chi connectivity index (χ4n) is 1.86. The predicted octanol–water partition coefficient (Wildman–Crippen LogP) is 2.55. The Morgan fingerprint density at radius 1 is 1.45 bits per heavy atom. The van der Waals surface area contributed by atoms with E-state index in [0.717, 1.165) is 0 Å². The Morgan fingerprint density at radius 2 is 2.15 bits per heavy atom. The van der Waals surface area contributed by atoms with Crippen molar-refractivity contribution in [3.63, 3.8) is 0 Å². The molecule has 0 spiro atoms. The number of nitrogens with two attached hydrogens (primary N) is 1. The summed E-state index contributed by atoms with van der Waals surface area (Å²) >= 11 is 5.87. The number of ether oxygens (including phenoxy) is 1. The molecule has 0 saturated carbocycles. The van der Waals surface area contributed by atoms with E-state index in [4.69, 9.17) is 22.1 Å². The van der Waals surface area contributed by atoms with Crippen LogP contribution in [0.15, 0.2) is 24.3 Å². The van der Waals surface area contributed by atoms with Gasteiger partial charge < -0.3 is 15.4 Å². The van der Waals surface area contributed by atoms with Gasteiger partial charge in [0.1, 0.15) is 12.4 Å². The molecule has 5 heteroatoms. The number of likely N-dealkylation sites (N-methyl/N-ethyl adjacent to an activating group) is 1. The largest absolute Gasteiger partial charge is 0.492 e. The molecule has 2 N–H and O–H groups in total. The van der Waals surface area contributed by atoms with Gasteiger partial charge in [-0.25, -0.2) is 0 Å². The molecule has 0 aliphatic carbocycles. The highest BCUT2D eigenvalue weighted by atomic mass is 35.5. The number of hydrogen-bond donors (Lipinski definition) is 1. The second kappa shape index (κ2) is 8.12. The van der Waals surface area contributed by atoms with Crippen molar-refractivity contribution in [1.82, 2.24) is 4.90 Å². The quantitative estimate of drug-likeness (QED) is 0.841. The number of rotatable bonds is 7. The van der Waals surface area contributed by atoms with Crippen molar-refractivity contribution < 1.29 is 9.53 Å². The first-order valence-electron chi connectivity index (χ1n) is 6.79. The third-order valence-electron chi connectivity index (χ3n) is 2.91. The number of amides is 1. The van der Waals surface area contributed by atoms with Gasteiger partial charge in [0, 0.05) is 12.1 Å². The molecule has 1 rings (SSSR count). The summed E-state index contributed by atoms with van der Waals surface area (Å²) in [5.74, 6) is 1.06. The van der Waals surface area contributed by atoms with E-state index in [9.17, 15) is 4.79 Å². The number of hydrogen-bond acceptors (Lipinski definition) is 3. The van der Waals surface area contributed by atoms with Crippen LogP contribution in [0.1, 0.15) is 20.3 Å². The Labute approximate surface area is 125 Å². The highest BCUT2D eigenvalue weighted by molar-refractivity contribution is 6.30. The molecule has 112 valence electrons. The van der Waals surface area contributed by atoms with Crippen LogP contribution < -0.4 is 10.5 Å². The molecule has 0 fully saturated rings. The summed E-state index contributed by atoms with van der Waals surface area (Å²) in [5.41, 5.74) is 5.87. The number of carbonyl (C=O) groups excluding carboxylic acids is 1. The van der Waals surface area contributed by atoms with Gasteiger partial charge in [0.15, 0.2) is 0 Å². The molecule has 0 aliphatic heterocycles. The third kappa shape index (κ3) is 5.80. The van der Waals surface area contributed by atoms with Gasteiger partial charge in [-0.05, 0) is 30.5 Å². The maximum Gasteiger partial charge on any atom is 0.239 e. The SMILES string of the molecule is CC(C)C[C@@H](N)C(=O)N(C)CCOc1cccc(Cl)c1. The van der Waals surface area contributed by atoms with Crippen LogP contribution in [0.4, 0.5) is 0 Å². The van der Waals surface area contributed by atoms with Crippen LogP contribution in [0, 0.1) is 5.92 Å². The zero-order chi connectivity index (χ0) is 15.1. The topological polar surface area (TPSA) is 55.6 Å². The molecular formula is C15H23ClN2O2. The number of nitrogens with zero attached hydrogens (tertiary/aromatic N) is 1. The van der Waals surface area contributed by atoms with E-state index in [1.54, 1.807) is 24.1 Å². The highest BCUT2D eigenvalue weighted by Gasteiger charge is 2.18. The normalized spacial score (nSPS) is 12.3. The molecule has 0 aliphatic rings. The van der Waals surface area contributed by atoms with Gasteiger partial charge in [-0.15, -0.1) is 0 Å². The van der Waals surface area contributed by atoms with Gasteiger partial charge in [0.2, 0.25) is 5.91 Å².